The number of aromatic nitrogens is 2. The van der Waals surface area contributed by atoms with Crippen LogP contribution < -0.4 is 0 Å². The molecule has 7 heteroatoms. The van der Waals surface area contributed by atoms with Gasteiger partial charge in [-0.15, -0.1) is 0 Å². The van der Waals surface area contributed by atoms with Gasteiger partial charge in [-0.2, -0.15) is 0 Å². The normalized spacial score (nSPS) is 14.0. The molecule has 200 valence electrons. The molecule has 2 heterocycles. The number of likely N-dealkylation sites (tertiary alicyclic amines) is 1. The number of nitrogens with zero attached hydrogens (tertiary/aromatic N) is 3. The molecule has 4 aromatic rings. The molecule has 3 aromatic carbocycles. The van der Waals surface area contributed by atoms with E-state index in [4.69, 9.17) is 15.1 Å². The predicted molar refractivity (Wildman–Crippen MR) is 149 cm³/mol. The van der Waals surface area contributed by atoms with Crippen molar-refractivity contribution in [2.75, 3.05) is 13.1 Å². The van der Waals surface area contributed by atoms with Crippen LogP contribution in [0, 0.1) is 0 Å². The minimum atomic E-state index is -0.822. The lowest BCUT2D eigenvalue weighted by atomic mass is 9.89. The highest BCUT2D eigenvalue weighted by Gasteiger charge is 2.25. The van der Waals surface area contributed by atoms with Crippen LogP contribution in [0.5, 0.6) is 0 Å². The number of amides is 1. The van der Waals surface area contributed by atoms with Gasteiger partial charge in [-0.05, 0) is 67.3 Å². The second kappa shape index (κ2) is 12.2. The van der Waals surface area contributed by atoms with Crippen LogP contribution in [-0.2, 0) is 17.9 Å². The van der Waals surface area contributed by atoms with Crippen LogP contribution in [0.2, 0.25) is 0 Å². The molecule has 5 rings (SSSR count). The van der Waals surface area contributed by atoms with Crippen molar-refractivity contribution in [3.63, 3.8) is 0 Å². The quantitative estimate of drug-likeness (QED) is 0.250. The summed E-state index contributed by atoms with van der Waals surface area (Å²) in [6.45, 7) is 0.891. The van der Waals surface area contributed by atoms with E-state index >= 15 is 0 Å². The molecule has 0 radical (unpaired) electrons. The second-order valence-corrected chi connectivity index (χ2v) is 10.1. The van der Waals surface area contributed by atoms with E-state index in [1.54, 1.807) is 12.1 Å². The number of fused-ring (bicyclic) bond motifs is 1. The van der Waals surface area contributed by atoms with E-state index in [9.17, 15) is 14.0 Å². The van der Waals surface area contributed by atoms with E-state index in [2.05, 4.69) is 24.3 Å². The third-order valence-electron chi connectivity index (χ3n) is 7.47. The highest BCUT2D eigenvalue weighted by Crippen LogP contribution is 2.30. The first kappa shape index (κ1) is 26.5. The molecule has 1 N–H and O–H groups in total. The fraction of sp³-hybridized carbons (Fsp3) is 0.312. The average molecular weight is 526 g/mol. The molecule has 0 spiro atoms. The van der Waals surface area contributed by atoms with Crippen LogP contribution in [0.4, 0.5) is 4.39 Å². The number of rotatable bonds is 9. The van der Waals surface area contributed by atoms with Gasteiger partial charge in [-0.1, -0.05) is 54.6 Å². The van der Waals surface area contributed by atoms with Gasteiger partial charge in [0.25, 0.3) is 5.91 Å². The number of hydrogen-bond donors (Lipinski definition) is 1. The zero-order valence-electron chi connectivity index (χ0n) is 21.9. The van der Waals surface area contributed by atoms with E-state index < -0.39 is 12.6 Å². The molecule has 0 saturated carbocycles. The number of carbonyl (C=O) groups is 2. The Morgan fingerprint density at radius 3 is 2.33 bits per heavy atom. The molecule has 0 aliphatic carbocycles. The molecule has 39 heavy (non-hydrogen) atoms. The Bertz CT molecular complexity index is 1450. The van der Waals surface area contributed by atoms with E-state index in [0.29, 0.717) is 66.1 Å². The molecule has 1 saturated heterocycles. The molecule has 0 atom stereocenters. The van der Waals surface area contributed by atoms with Crippen molar-refractivity contribution < 1.29 is 19.1 Å². The summed E-state index contributed by atoms with van der Waals surface area (Å²) in [7, 11) is 0. The van der Waals surface area contributed by atoms with Gasteiger partial charge in [0.1, 0.15) is 6.67 Å². The van der Waals surface area contributed by atoms with Crippen LogP contribution in [-0.4, -0.2) is 44.9 Å². The molecule has 0 bridgehead atoms. The number of benzene rings is 3. The van der Waals surface area contributed by atoms with Gasteiger partial charge in [0.15, 0.2) is 0 Å². The first-order valence-electron chi connectivity index (χ1n) is 13.5. The van der Waals surface area contributed by atoms with Crippen molar-refractivity contribution in [2.45, 2.75) is 51.1 Å². The van der Waals surface area contributed by atoms with Crippen molar-refractivity contribution in [1.29, 1.82) is 0 Å². The lowest BCUT2D eigenvalue weighted by Gasteiger charge is -2.32. The summed E-state index contributed by atoms with van der Waals surface area (Å²) in [5, 5.41) is 9.00. The number of halogens is 1. The number of unbranched alkanes of at least 4 members (excludes halogenated alkanes) is 1. The number of hydrogen-bond acceptors (Lipinski definition) is 4. The largest absolute Gasteiger partial charge is 0.481 e. The summed E-state index contributed by atoms with van der Waals surface area (Å²) in [6.07, 6.45) is 3.72. The maximum Gasteiger partial charge on any atom is 0.303 e. The number of aryl methyl sites for hydroxylation is 1. The number of piperidine rings is 1. The Hall–Kier alpha value is -4.13. The van der Waals surface area contributed by atoms with Crippen molar-refractivity contribution >= 4 is 22.9 Å². The van der Waals surface area contributed by atoms with E-state index in [1.165, 1.54) is 5.56 Å². The summed E-state index contributed by atoms with van der Waals surface area (Å²) in [6, 6.07) is 23.1. The molecular weight excluding hydrogens is 493 g/mol. The van der Waals surface area contributed by atoms with E-state index in [0.717, 1.165) is 24.1 Å². The maximum absolute atomic E-state index is 13.4. The monoisotopic (exact) mass is 525 g/mol. The molecule has 6 nitrogen and oxygen atoms in total. The van der Waals surface area contributed by atoms with Gasteiger partial charge in [-0.25, -0.2) is 14.4 Å². The number of alkyl halides is 1. The second-order valence-electron chi connectivity index (χ2n) is 10.1. The van der Waals surface area contributed by atoms with Crippen molar-refractivity contribution in [3.8, 4) is 11.3 Å². The Balaban J connectivity index is 1.38. The molecular formula is C32H32FN3O3. The summed E-state index contributed by atoms with van der Waals surface area (Å²) in [5.74, 6) is -0.351. The van der Waals surface area contributed by atoms with Crippen LogP contribution in [0.1, 0.15) is 65.2 Å². The van der Waals surface area contributed by atoms with Gasteiger partial charge in [0.2, 0.25) is 0 Å². The highest BCUT2D eigenvalue weighted by molar-refractivity contribution is 5.97. The van der Waals surface area contributed by atoms with Crippen LogP contribution in [0.15, 0.2) is 72.8 Å². The molecule has 1 aliphatic rings. The van der Waals surface area contributed by atoms with Crippen LogP contribution >= 0.6 is 0 Å². The summed E-state index contributed by atoms with van der Waals surface area (Å²) in [5.41, 5.74) is 6.09. The fourth-order valence-corrected chi connectivity index (χ4v) is 5.27. The summed E-state index contributed by atoms with van der Waals surface area (Å²) < 4.78 is 13.0. The number of carboxylic acid groups (broad SMARTS) is 1. The number of carboxylic acids is 1. The average Bonchev–Trinajstić information content (AvgIpc) is 2.98. The van der Waals surface area contributed by atoms with E-state index in [1.807, 2.05) is 41.3 Å². The SMILES string of the molecule is O=C(O)CCCCc1nc2cc(C(=O)N3CCC(c4ccccc4)CC3)ccc2nc1-c1ccc(CF)cc1. The van der Waals surface area contributed by atoms with Gasteiger partial charge >= 0.3 is 5.97 Å². The zero-order chi connectivity index (χ0) is 27.2. The summed E-state index contributed by atoms with van der Waals surface area (Å²) >= 11 is 0. The zero-order valence-corrected chi connectivity index (χ0v) is 21.9. The van der Waals surface area contributed by atoms with Gasteiger partial charge in [0.05, 0.1) is 22.4 Å². The van der Waals surface area contributed by atoms with E-state index in [-0.39, 0.29) is 12.3 Å². The number of aliphatic carboxylic acids is 1. The lowest BCUT2D eigenvalue weighted by molar-refractivity contribution is -0.137. The smallest absolute Gasteiger partial charge is 0.303 e. The Morgan fingerprint density at radius 1 is 0.897 bits per heavy atom. The Labute approximate surface area is 227 Å². The highest BCUT2D eigenvalue weighted by atomic mass is 19.1. The minimum absolute atomic E-state index is 0.000826. The van der Waals surface area contributed by atoms with Crippen LogP contribution in [0.25, 0.3) is 22.3 Å². The first-order chi connectivity index (χ1) is 19.0. The number of carbonyl (C=O) groups excluding carboxylic acids is 1. The van der Waals surface area contributed by atoms with Gasteiger partial charge in [0, 0.05) is 30.6 Å². The topological polar surface area (TPSA) is 83.4 Å². The van der Waals surface area contributed by atoms with Crippen molar-refractivity contribution in [2.24, 2.45) is 0 Å². The molecule has 0 unspecified atom stereocenters. The molecule has 1 aromatic heterocycles. The molecule has 1 amide bonds. The molecule has 1 fully saturated rings. The Morgan fingerprint density at radius 2 is 1.64 bits per heavy atom. The van der Waals surface area contributed by atoms with Gasteiger partial charge < -0.3 is 10.0 Å². The minimum Gasteiger partial charge on any atom is -0.481 e. The standard InChI is InChI=1S/C32H32FN3O3/c33-21-22-10-12-25(13-11-22)31-28(8-4-5-9-30(37)38)34-29-20-26(14-15-27(29)35-31)32(39)36-18-16-24(17-19-36)23-6-2-1-3-7-23/h1-3,6-7,10-15,20,24H,4-5,8-9,16-19,21H2,(H,37,38). The molecule has 1 aliphatic heterocycles. The maximum atomic E-state index is 13.4. The van der Waals surface area contributed by atoms with Crippen LogP contribution in [0.3, 0.4) is 0 Å². The van der Waals surface area contributed by atoms with Crippen molar-refractivity contribution in [1.82, 2.24) is 14.9 Å². The predicted octanol–water partition coefficient (Wildman–Crippen LogP) is 6.58. The van der Waals surface area contributed by atoms with Crippen molar-refractivity contribution in [3.05, 3.63) is 95.2 Å². The third kappa shape index (κ3) is 6.30. The summed E-state index contributed by atoms with van der Waals surface area (Å²) in [4.78, 5) is 36.0. The Kier molecular flexibility index (Phi) is 8.25. The van der Waals surface area contributed by atoms with Gasteiger partial charge in [-0.3, -0.25) is 9.59 Å². The third-order valence-corrected chi connectivity index (χ3v) is 7.47. The first-order valence-corrected chi connectivity index (χ1v) is 13.5. The lowest BCUT2D eigenvalue weighted by Crippen LogP contribution is -2.37. The fourth-order valence-electron chi connectivity index (χ4n) is 5.27.